The third-order valence-electron chi connectivity index (χ3n) is 3.39. The van der Waals surface area contributed by atoms with Gasteiger partial charge in [0.2, 0.25) is 0 Å². The lowest BCUT2D eigenvalue weighted by atomic mass is 10.1. The van der Waals surface area contributed by atoms with Crippen molar-refractivity contribution in [3.8, 4) is 0 Å². The average Bonchev–Trinajstić information content (AvgIpc) is 2.57. The van der Waals surface area contributed by atoms with Gasteiger partial charge in [0, 0.05) is 0 Å². The van der Waals surface area contributed by atoms with Crippen LogP contribution in [0.1, 0.15) is 5.56 Å². The number of benzene rings is 2. The summed E-state index contributed by atoms with van der Waals surface area (Å²) in [7, 11) is 0. The Bertz CT molecular complexity index is 1030. The smallest absolute Gasteiger partial charge is 0.343 e. The molecule has 10 nitrogen and oxygen atoms in total. The first-order valence-electron chi connectivity index (χ1n) is 6.88. The Balaban J connectivity index is 2.81. The van der Waals surface area contributed by atoms with E-state index >= 15 is 0 Å². The maximum Gasteiger partial charge on any atom is 0.419 e. The van der Waals surface area contributed by atoms with Gasteiger partial charge >= 0.3 is 17.6 Å². The Kier molecular flexibility index (Phi) is 6.20. The van der Waals surface area contributed by atoms with Crippen molar-refractivity contribution in [1.82, 2.24) is 0 Å². The summed E-state index contributed by atoms with van der Waals surface area (Å²) in [6.45, 7) is 0. The minimum atomic E-state index is -5.00. The molecule has 0 bridgehead atoms. The second-order valence-electron chi connectivity index (χ2n) is 5.16. The van der Waals surface area contributed by atoms with Crippen molar-refractivity contribution in [3.05, 3.63) is 68.6 Å². The first kappa shape index (κ1) is 22.6. The van der Waals surface area contributed by atoms with E-state index in [1.54, 1.807) is 0 Å². The van der Waals surface area contributed by atoms with Crippen LogP contribution in [0.4, 0.5) is 41.6 Å². The van der Waals surface area contributed by atoms with Gasteiger partial charge in [-0.15, -0.1) is 0 Å². The molecule has 0 aromatic heterocycles. The summed E-state index contributed by atoms with van der Waals surface area (Å²) in [5, 5.41) is 34.0. The second-order valence-corrected chi connectivity index (χ2v) is 6.74. The van der Waals surface area contributed by atoms with Gasteiger partial charge in [-0.2, -0.15) is 13.2 Å². The Morgan fingerprint density at radius 1 is 0.931 bits per heavy atom. The fraction of sp³-hybridized carbons (Fsp3) is 0.0769. The highest BCUT2D eigenvalue weighted by Gasteiger charge is 2.39. The molecule has 0 saturated heterocycles. The van der Waals surface area contributed by atoms with Gasteiger partial charge in [-0.05, 0) is 22.0 Å². The molecule has 0 atom stereocenters. The summed E-state index contributed by atoms with van der Waals surface area (Å²) in [5.41, 5.74) is -6.22. The van der Waals surface area contributed by atoms with Crippen LogP contribution in [0.25, 0.3) is 0 Å². The lowest BCUT2D eigenvalue weighted by Gasteiger charge is -2.17. The summed E-state index contributed by atoms with van der Waals surface area (Å²) in [4.78, 5) is 30.0. The molecule has 0 aliphatic carbocycles. The van der Waals surface area contributed by atoms with E-state index in [4.69, 9.17) is 23.2 Å². The summed E-state index contributed by atoms with van der Waals surface area (Å²) in [5.74, 6) is 0. The van der Waals surface area contributed by atoms with Crippen molar-refractivity contribution in [3.63, 3.8) is 0 Å². The molecule has 29 heavy (non-hydrogen) atoms. The van der Waals surface area contributed by atoms with Crippen LogP contribution in [-0.2, 0) is 6.18 Å². The minimum Gasteiger partial charge on any atom is -0.343 e. The number of nitro groups is 3. The van der Waals surface area contributed by atoms with Crippen LogP contribution in [0.3, 0.4) is 0 Å². The molecule has 2 rings (SSSR count). The van der Waals surface area contributed by atoms with E-state index in [0.29, 0.717) is 12.1 Å². The molecule has 154 valence electrons. The molecule has 0 spiro atoms. The Morgan fingerprint density at radius 3 is 1.79 bits per heavy atom. The molecular weight excluding hydrogens is 516 g/mol. The first-order valence-corrected chi connectivity index (χ1v) is 8.43. The Morgan fingerprint density at radius 2 is 1.41 bits per heavy atom. The monoisotopic (exact) mass is 518 g/mol. The molecule has 2 aromatic rings. The van der Waals surface area contributed by atoms with Gasteiger partial charge in [0.25, 0.3) is 5.69 Å². The molecule has 2 aromatic carbocycles. The normalized spacial score (nSPS) is 11.2. The molecule has 1 N–H and O–H groups in total. The van der Waals surface area contributed by atoms with Crippen molar-refractivity contribution in [2.24, 2.45) is 0 Å². The summed E-state index contributed by atoms with van der Waals surface area (Å²) in [6.07, 6.45) is -5.00. The largest absolute Gasteiger partial charge is 0.419 e. The molecule has 0 amide bonds. The van der Waals surface area contributed by atoms with Crippen LogP contribution in [0, 0.1) is 30.3 Å². The van der Waals surface area contributed by atoms with Gasteiger partial charge in [-0.25, -0.2) is 0 Å². The minimum absolute atomic E-state index is 0.411. The van der Waals surface area contributed by atoms with E-state index in [2.05, 4.69) is 21.2 Å². The van der Waals surface area contributed by atoms with Crippen LogP contribution in [0.15, 0.2) is 22.7 Å². The zero-order chi connectivity index (χ0) is 22.3. The molecule has 0 unspecified atom stereocenters. The van der Waals surface area contributed by atoms with Crippen LogP contribution in [0.5, 0.6) is 0 Å². The topological polar surface area (TPSA) is 141 Å². The summed E-state index contributed by atoms with van der Waals surface area (Å²) >= 11 is 14.1. The van der Waals surface area contributed by atoms with Gasteiger partial charge < -0.3 is 5.32 Å². The number of rotatable bonds is 5. The van der Waals surface area contributed by atoms with Crippen LogP contribution in [0.2, 0.25) is 10.0 Å². The van der Waals surface area contributed by atoms with Crippen molar-refractivity contribution in [2.75, 3.05) is 5.32 Å². The number of halogens is 6. The Labute approximate surface area is 175 Å². The standard InChI is InChI=1S/C13H4BrCl2F3N4O6/c14-10-5(15)3-6(11(16)9(10)13(17,18)19)20-12-7(22(26)27)1-4(21(24)25)2-8(12)23(28)29/h1-3,20H. The molecule has 0 fully saturated rings. The van der Waals surface area contributed by atoms with E-state index in [1.165, 1.54) is 0 Å². The molecule has 16 heteroatoms. The molecule has 0 aliphatic heterocycles. The highest BCUT2D eigenvalue weighted by Crippen LogP contribution is 2.48. The maximum atomic E-state index is 13.3. The van der Waals surface area contributed by atoms with E-state index in [0.717, 1.165) is 6.07 Å². The van der Waals surface area contributed by atoms with Crippen molar-refractivity contribution < 1.29 is 27.9 Å². The zero-order valence-corrected chi connectivity index (χ0v) is 16.4. The summed E-state index contributed by atoms with van der Waals surface area (Å²) < 4.78 is 39.2. The van der Waals surface area contributed by atoms with E-state index in [1.807, 2.05) is 0 Å². The fourth-order valence-corrected chi connectivity index (χ4v) is 3.36. The molecular formula is C13H4BrCl2F3N4O6. The van der Waals surface area contributed by atoms with Crippen LogP contribution < -0.4 is 5.32 Å². The number of alkyl halides is 3. The lowest BCUT2D eigenvalue weighted by Crippen LogP contribution is -2.10. The fourth-order valence-electron chi connectivity index (χ4n) is 2.20. The predicted molar refractivity (Wildman–Crippen MR) is 98.9 cm³/mol. The molecule has 0 heterocycles. The van der Waals surface area contributed by atoms with Gasteiger partial charge in [0.1, 0.15) is 0 Å². The first-order chi connectivity index (χ1) is 13.3. The maximum absolute atomic E-state index is 13.3. The average molecular weight is 520 g/mol. The lowest BCUT2D eigenvalue weighted by molar-refractivity contribution is -0.401. The van der Waals surface area contributed by atoms with E-state index in [9.17, 15) is 43.5 Å². The molecule has 0 aliphatic rings. The second kappa shape index (κ2) is 7.96. The van der Waals surface area contributed by atoms with Gasteiger partial charge in [-0.3, -0.25) is 30.3 Å². The number of nitrogens with one attached hydrogen (secondary N) is 1. The number of hydrogen-bond donors (Lipinski definition) is 1. The summed E-state index contributed by atoms with van der Waals surface area (Å²) in [6, 6.07) is 1.67. The van der Waals surface area contributed by atoms with Crippen molar-refractivity contribution in [2.45, 2.75) is 6.18 Å². The van der Waals surface area contributed by atoms with Crippen molar-refractivity contribution >= 4 is 67.6 Å². The SMILES string of the molecule is O=[N+]([O-])c1cc([N+](=O)[O-])c(Nc2cc(Cl)c(Br)c(C(F)(F)F)c2Cl)c([N+](=O)[O-])c1. The zero-order valence-electron chi connectivity index (χ0n) is 13.3. The third kappa shape index (κ3) is 4.49. The Hall–Kier alpha value is -2.71. The number of anilines is 2. The highest BCUT2D eigenvalue weighted by molar-refractivity contribution is 9.10. The highest BCUT2D eigenvalue weighted by atomic mass is 79.9. The van der Waals surface area contributed by atoms with E-state index < -0.39 is 69.5 Å². The number of nitro benzene ring substituents is 3. The number of non-ortho nitro benzene ring substituents is 1. The van der Waals surface area contributed by atoms with Crippen molar-refractivity contribution in [1.29, 1.82) is 0 Å². The molecule has 0 radical (unpaired) electrons. The quantitative estimate of drug-likeness (QED) is 0.279. The predicted octanol–water partition coefficient (Wildman–Crippen LogP) is 6.24. The van der Waals surface area contributed by atoms with Gasteiger partial charge in [0.05, 0.1) is 52.7 Å². The van der Waals surface area contributed by atoms with Gasteiger partial charge in [0.15, 0.2) is 5.69 Å². The molecule has 0 saturated carbocycles. The number of hydrogen-bond acceptors (Lipinski definition) is 7. The van der Waals surface area contributed by atoms with Crippen LogP contribution in [-0.4, -0.2) is 14.8 Å². The number of nitrogens with zero attached hydrogens (tertiary/aromatic N) is 3. The van der Waals surface area contributed by atoms with Crippen LogP contribution >= 0.6 is 39.1 Å². The van der Waals surface area contributed by atoms with E-state index in [-0.39, 0.29) is 0 Å². The van der Waals surface area contributed by atoms with Gasteiger partial charge in [-0.1, -0.05) is 23.2 Å². The third-order valence-corrected chi connectivity index (χ3v) is 5.13.